The molecule has 0 aliphatic heterocycles. The maximum Gasteiger partial charge on any atom is 0.257 e. The van der Waals surface area contributed by atoms with Crippen LogP contribution in [-0.2, 0) is 11.8 Å². The average Bonchev–Trinajstić information content (AvgIpc) is 3.26. The van der Waals surface area contributed by atoms with Crippen LogP contribution in [0.2, 0.25) is 0 Å². The zero-order valence-corrected chi connectivity index (χ0v) is 25.3. The molecule has 1 heterocycles. The molecule has 0 aliphatic carbocycles. The zero-order valence-electron chi connectivity index (χ0n) is 25.3. The van der Waals surface area contributed by atoms with Gasteiger partial charge in [-0.1, -0.05) is 77.6 Å². The van der Waals surface area contributed by atoms with E-state index in [0.717, 1.165) is 19.3 Å². The first-order valence-electron chi connectivity index (χ1n) is 15.1. The predicted octanol–water partition coefficient (Wildman–Crippen LogP) is 8.81. The maximum atomic E-state index is 13.7. The van der Waals surface area contributed by atoms with Gasteiger partial charge in [0.15, 0.2) is 5.78 Å². The van der Waals surface area contributed by atoms with E-state index in [1.807, 2.05) is 38.6 Å². The molecule has 0 aliphatic rings. The first-order chi connectivity index (χ1) is 18.5. The van der Waals surface area contributed by atoms with Crippen LogP contribution in [0.5, 0.6) is 0 Å². The molecule has 1 aromatic carbocycles. The number of benzene rings is 1. The summed E-state index contributed by atoms with van der Waals surface area (Å²) >= 11 is 0. The molecule has 1 unspecified atom stereocenters. The van der Waals surface area contributed by atoms with E-state index in [2.05, 4.69) is 17.6 Å². The number of nitrogens with zero attached hydrogens (tertiary/aromatic N) is 1. The van der Waals surface area contributed by atoms with Gasteiger partial charge >= 0.3 is 0 Å². The molecular weight excluding hydrogens is 489 g/mol. The second-order valence-electron chi connectivity index (χ2n) is 12.1. The standard InChI is InChI=1S/C33H52FN3O2/c1-7-8-9-10-11-12-13-14-15-16-17-18-19-29(38)30(36-33(3,4)5)31-27(22-23-37(31)6)32(39)35-26-20-21-28(34)25(2)24-26/h20-24,30,36H,7-19H2,1-6H3,(H,35,39). The van der Waals surface area contributed by atoms with Crippen molar-refractivity contribution in [2.75, 3.05) is 5.32 Å². The van der Waals surface area contributed by atoms with Crippen LogP contribution in [0.25, 0.3) is 0 Å². The van der Waals surface area contributed by atoms with Gasteiger partial charge < -0.3 is 9.88 Å². The van der Waals surface area contributed by atoms with E-state index in [1.165, 1.54) is 63.9 Å². The van der Waals surface area contributed by atoms with Crippen LogP contribution in [0.1, 0.15) is 139 Å². The second kappa shape index (κ2) is 16.6. The van der Waals surface area contributed by atoms with Gasteiger partial charge in [-0.05, 0) is 63.9 Å². The lowest BCUT2D eigenvalue weighted by molar-refractivity contribution is -0.122. The molecule has 1 aromatic heterocycles. The summed E-state index contributed by atoms with van der Waals surface area (Å²) < 4.78 is 15.5. The number of carbonyl (C=O) groups is 2. The minimum atomic E-state index is -0.589. The fraction of sp³-hybridized carbons (Fsp3) is 0.636. The van der Waals surface area contributed by atoms with E-state index in [9.17, 15) is 14.0 Å². The number of ketones is 1. The number of amides is 1. The fourth-order valence-corrected chi connectivity index (χ4v) is 5.03. The van der Waals surface area contributed by atoms with Gasteiger partial charge in [0.05, 0.1) is 11.3 Å². The Morgan fingerprint density at radius 3 is 2.00 bits per heavy atom. The molecule has 0 fully saturated rings. The van der Waals surface area contributed by atoms with Crippen LogP contribution in [-0.4, -0.2) is 21.8 Å². The first kappa shape index (κ1) is 32.7. The summed E-state index contributed by atoms with van der Waals surface area (Å²) in [6.07, 6.45) is 17.3. The number of aromatic nitrogens is 1. The highest BCUT2D eigenvalue weighted by Crippen LogP contribution is 2.26. The van der Waals surface area contributed by atoms with E-state index < -0.39 is 6.04 Å². The van der Waals surface area contributed by atoms with Gasteiger partial charge in [-0.15, -0.1) is 0 Å². The molecule has 39 heavy (non-hydrogen) atoms. The van der Waals surface area contributed by atoms with Gasteiger partial charge in [0.25, 0.3) is 5.91 Å². The normalized spacial score (nSPS) is 12.5. The number of rotatable bonds is 18. The molecule has 2 rings (SSSR count). The van der Waals surface area contributed by atoms with Crippen LogP contribution < -0.4 is 10.6 Å². The van der Waals surface area contributed by atoms with Crippen molar-refractivity contribution >= 4 is 17.4 Å². The summed E-state index contributed by atoms with van der Waals surface area (Å²) in [6, 6.07) is 5.66. The summed E-state index contributed by atoms with van der Waals surface area (Å²) in [5, 5.41) is 6.34. The van der Waals surface area contributed by atoms with Crippen molar-refractivity contribution in [3.63, 3.8) is 0 Å². The molecular formula is C33H52FN3O2. The Bertz CT molecular complexity index is 1040. The highest BCUT2D eigenvalue weighted by molar-refractivity contribution is 6.06. The van der Waals surface area contributed by atoms with Gasteiger partial charge in [0, 0.05) is 30.9 Å². The topological polar surface area (TPSA) is 63.1 Å². The van der Waals surface area contributed by atoms with Gasteiger partial charge in [-0.2, -0.15) is 0 Å². The molecule has 0 saturated carbocycles. The van der Waals surface area contributed by atoms with Crippen LogP contribution in [0.3, 0.4) is 0 Å². The number of hydrogen-bond donors (Lipinski definition) is 2. The third-order valence-electron chi connectivity index (χ3n) is 7.23. The van der Waals surface area contributed by atoms with Gasteiger partial charge in [-0.25, -0.2) is 4.39 Å². The molecule has 0 bridgehead atoms. The number of hydrogen-bond acceptors (Lipinski definition) is 3. The molecule has 0 radical (unpaired) electrons. The van der Waals surface area contributed by atoms with E-state index in [-0.39, 0.29) is 23.0 Å². The van der Waals surface area contributed by atoms with Crippen molar-refractivity contribution in [3.05, 3.63) is 53.1 Å². The van der Waals surface area contributed by atoms with Crippen LogP contribution in [0.15, 0.2) is 30.5 Å². The Labute approximate surface area is 236 Å². The van der Waals surface area contributed by atoms with Crippen LogP contribution in [0.4, 0.5) is 10.1 Å². The van der Waals surface area contributed by atoms with Crippen molar-refractivity contribution in [2.45, 2.75) is 130 Å². The SMILES string of the molecule is CCCCCCCCCCCCCCC(=O)C(NC(C)(C)C)c1c(C(=O)Nc2ccc(F)c(C)c2)ccn1C. The van der Waals surface area contributed by atoms with Crippen LogP contribution >= 0.6 is 0 Å². The van der Waals surface area contributed by atoms with Crippen molar-refractivity contribution in [2.24, 2.45) is 7.05 Å². The Balaban J connectivity index is 1.94. The molecule has 1 atom stereocenters. The number of aryl methyl sites for hydroxylation is 2. The minimum Gasteiger partial charge on any atom is -0.352 e. The summed E-state index contributed by atoms with van der Waals surface area (Å²) in [5.74, 6) is -0.521. The van der Waals surface area contributed by atoms with Gasteiger partial charge in [-0.3, -0.25) is 14.9 Å². The molecule has 1 amide bonds. The smallest absolute Gasteiger partial charge is 0.257 e. The molecule has 5 nitrogen and oxygen atoms in total. The quantitative estimate of drug-likeness (QED) is 0.185. The van der Waals surface area contributed by atoms with E-state index in [1.54, 1.807) is 25.1 Å². The van der Waals surface area contributed by atoms with E-state index >= 15 is 0 Å². The zero-order chi connectivity index (χ0) is 28.8. The largest absolute Gasteiger partial charge is 0.352 e. The number of carbonyl (C=O) groups excluding carboxylic acids is 2. The highest BCUT2D eigenvalue weighted by atomic mass is 19.1. The minimum absolute atomic E-state index is 0.102. The molecule has 2 N–H and O–H groups in total. The highest BCUT2D eigenvalue weighted by Gasteiger charge is 2.31. The summed E-state index contributed by atoms with van der Waals surface area (Å²) in [4.78, 5) is 26.8. The number of halogens is 1. The summed E-state index contributed by atoms with van der Waals surface area (Å²) in [6.45, 7) is 10.0. The molecule has 218 valence electrons. The summed E-state index contributed by atoms with van der Waals surface area (Å²) in [5.41, 5.74) is 1.78. The number of Topliss-reactive ketones (excluding diaryl/α,β-unsaturated/α-hetero) is 1. The van der Waals surface area contributed by atoms with E-state index in [4.69, 9.17) is 0 Å². The Morgan fingerprint density at radius 1 is 0.897 bits per heavy atom. The molecule has 0 spiro atoms. The lowest BCUT2D eigenvalue weighted by Crippen LogP contribution is -2.43. The molecule has 2 aromatic rings. The lowest BCUT2D eigenvalue weighted by Gasteiger charge is -2.29. The monoisotopic (exact) mass is 541 g/mol. The van der Waals surface area contributed by atoms with E-state index in [0.29, 0.717) is 28.9 Å². The maximum absolute atomic E-state index is 13.7. The third-order valence-corrected chi connectivity index (χ3v) is 7.23. The number of unbranched alkanes of at least 4 members (excludes halogenated alkanes) is 11. The van der Waals surface area contributed by atoms with Crippen LogP contribution in [0, 0.1) is 12.7 Å². The number of anilines is 1. The Hall–Kier alpha value is -2.47. The van der Waals surface area contributed by atoms with Crippen molar-refractivity contribution in [1.82, 2.24) is 9.88 Å². The first-order valence-corrected chi connectivity index (χ1v) is 15.1. The summed E-state index contributed by atoms with van der Waals surface area (Å²) in [7, 11) is 1.86. The van der Waals surface area contributed by atoms with Crippen molar-refractivity contribution in [1.29, 1.82) is 0 Å². The predicted molar refractivity (Wildman–Crippen MR) is 161 cm³/mol. The third kappa shape index (κ3) is 11.7. The van der Waals surface area contributed by atoms with Gasteiger partial charge in [0.2, 0.25) is 0 Å². The fourth-order valence-electron chi connectivity index (χ4n) is 5.03. The van der Waals surface area contributed by atoms with Crippen molar-refractivity contribution in [3.8, 4) is 0 Å². The number of nitrogens with one attached hydrogen (secondary N) is 2. The van der Waals surface area contributed by atoms with Gasteiger partial charge in [0.1, 0.15) is 11.9 Å². The lowest BCUT2D eigenvalue weighted by atomic mass is 9.96. The Kier molecular flexibility index (Phi) is 13.9. The Morgan fingerprint density at radius 2 is 1.46 bits per heavy atom. The second-order valence-corrected chi connectivity index (χ2v) is 12.1. The van der Waals surface area contributed by atoms with Crippen molar-refractivity contribution < 1.29 is 14.0 Å². The molecule has 6 heteroatoms. The molecule has 0 saturated heterocycles. The average molecular weight is 542 g/mol.